The van der Waals surface area contributed by atoms with Crippen molar-refractivity contribution in [2.75, 3.05) is 14.2 Å². The van der Waals surface area contributed by atoms with Crippen LogP contribution in [0.3, 0.4) is 0 Å². The van der Waals surface area contributed by atoms with Crippen molar-refractivity contribution in [1.82, 2.24) is 9.97 Å². The molecule has 3 aromatic carbocycles. The molecular formula is C22H16N2O2S2. The molecule has 28 heavy (non-hydrogen) atoms. The summed E-state index contributed by atoms with van der Waals surface area (Å²) in [4.78, 5) is 9.67. The van der Waals surface area contributed by atoms with Crippen LogP contribution in [0.25, 0.3) is 41.6 Å². The lowest BCUT2D eigenvalue weighted by atomic mass is 10.2. The number of hydrogen-bond acceptors (Lipinski definition) is 6. The number of thiazole rings is 2. The third-order valence-corrected chi connectivity index (χ3v) is 6.68. The zero-order valence-electron chi connectivity index (χ0n) is 15.3. The van der Waals surface area contributed by atoms with Crippen LogP contribution in [0.4, 0.5) is 0 Å². The summed E-state index contributed by atoms with van der Waals surface area (Å²) in [5, 5.41) is 1.91. The molecule has 0 bridgehead atoms. The number of rotatable bonds is 4. The molecule has 0 N–H and O–H groups in total. The fraction of sp³-hybridized carbons (Fsp3) is 0.0909. The molecular weight excluding hydrogens is 388 g/mol. The van der Waals surface area contributed by atoms with Gasteiger partial charge in [0.25, 0.3) is 0 Å². The summed E-state index contributed by atoms with van der Waals surface area (Å²) >= 11 is 3.34. The Kier molecular flexibility index (Phi) is 4.22. The Balaban J connectivity index is 1.63. The minimum atomic E-state index is 0.833. The summed E-state index contributed by atoms with van der Waals surface area (Å²) in [5.74, 6) is 1.67. The molecule has 6 heteroatoms. The Morgan fingerprint density at radius 2 is 1.11 bits per heavy atom. The first kappa shape index (κ1) is 17.2. The van der Waals surface area contributed by atoms with Gasteiger partial charge in [-0.3, -0.25) is 0 Å². The molecule has 2 aromatic heterocycles. The second kappa shape index (κ2) is 6.89. The lowest BCUT2D eigenvalue weighted by molar-refractivity contribution is 0.416. The molecule has 0 spiro atoms. The quantitative estimate of drug-likeness (QED) is 0.355. The van der Waals surface area contributed by atoms with E-state index in [9.17, 15) is 0 Å². The summed E-state index contributed by atoms with van der Waals surface area (Å²) in [6, 6.07) is 20.2. The van der Waals surface area contributed by atoms with Crippen LogP contribution in [0.5, 0.6) is 11.5 Å². The fourth-order valence-corrected chi connectivity index (χ4v) is 5.33. The zero-order valence-corrected chi connectivity index (χ0v) is 16.9. The van der Waals surface area contributed by atoms with E-state index in [1.807, 2.05) is 48.5 Å². The SMILES string of the molecule is COc1ccccc1-c1nc2cc3nc(-c4ccccc4OC)sc3cc2s1. The number of aromatic nitrogens is 2. The highest BCUT2D eigenvalue weighted by molar-refractivity contribution is 7.23. The Labute approximate surface area is 170 Å². The van der Waals surface area contributed by atoms with Gasteiger partial charge in [-0.25, -0.2) is 9.97 Å². The summed E-state index contributed by atoms with van der Waals surface area (Å²) in [5.41, 5.74) is 3.93. The van der Waals surface area contributed by atoms with Crippen LogP contribution in [0, 0.1) is 0 Å². The maximum atomic E-state index is 5.49. The van der Waals surface area contributed by atoms with E-state index >= 15 is 0 Å². The first-order valence-electron chi connectivity index (χ1n) is 8.75. The Hall–Kier alpha value is -2.96. The largest absolute Gasteiger partial charge is 0.496 e. The van der Waals surface area contributed by atoms with Crippen LogP contribution >= 0.6 is 22.7 Å². The molecule has 0 atom stereocenters. The van der Waals surface area contributed by atoms with Crippen LogP contribution in [0.15, 0.2) is 60.7 Å². The highest BCUT2D eigenvalue weighted by Crippen LogP contribution is 2.40. The summed E-state index contributed by atoms with van der Waals surface area (Å²) in [6.07, 6.45) is 0. The number of nitrogens with zero attached hydrogens (tertiary/aromatic N) is 2. The molecule has 0 fully saturated rings. The minimum Gasteiger partial charge on any atom is -0.496 e. The van der Waals surface area contributed by atoms with Gasteiger partial charge in [-0.15, -0.1) is 22.7 Å². The Morgan fingerprint density at radius 3 is 1.57 bits per heavy atom. The Morgan fingerprint density at radius 1 is 0.643 bits per heavy atom. The van der Waals surface area contributed by atoms with Crippen LogP contribution in [-0.2, 0) is 0 Å². The molecule has 4 nitrogen and oxygen atoms in total. The van der Waals surface area contributed by atoms with Crippen LogP contribution < -0.4 is 9.47 Å². The molecule has 0 saturated carbocycles. The van der Waals surface area contributed by atoms with Crippen molar-refractivity contribution in [3.8, 4) is 32.6 Å². The molecule has 5 aromatic rings. The van der Waals surface area contributed by atoms with E-state index in [1.54, 1.807) is 36.9 Å². The van der Waals surface area contributed by atoms with Gasteiger partial charge in [-0.05, 0) is 36.4 Å². The van der Waals surface area contributed by atoms with Crippen molar-refractivity contribution in [3.05, 3.63) is 60.7 Å². The zero-order chi connectivity index (χ0) is 19.1. The number of fused-ring (bicyclic) bond motifs is 2. The van der Waals surface area contributed by atoms with Gasteiger partial charge in [-0.1, -0.05) is 24.3 Å². The average molecular weight is 405 g/mol. The number of para-hydroxylation sites is 2. The summed E-state index contributed by atoms with van der Waals surface area (Å²) in [6.45, 7) is 0. The van der Waals surface area contributed by atoms with Gasteiger partial charge in [0.05, 0.1) is 45.8 Å². The van der Waals surface area contributed by atoms with Crippen molar-refractivity contribution < 1.29 is 9.47 Å². The average Bonchev–Trinajstić information content (AvgIpc) is 3.34. The monoisotopic (exact) mass is 404 g/mol. The molecule has 0 aliphatic heterocycles. The lowest BCUT2D eigenvalue weighted by Gasteiger charge is -2.04. The minimum absolute atomic E-state index is 0.833. The van der Waals surface area contributed by atoms with Gasteiger partial charge in [0.2, 0.25) is 0 Å². The molecule has 138 valence electrons. The van der Waals surface area contributed by atoms with E-state index in [1.165, 1.54) is 0 Å². The number of methoxy groups -OCH3 is 2. The molecule has 0 aliphatic carbocycles. The molecule has 0 unspecified atom stereocenters. The predicted molar refractivity (Wildman–Crippen MR) is 117 cm³/mol. The molecule has 0 amide bonds. The maximum Gasteiger partial charge on any atom is 0.129 e. The van der Waals surface area contributed by atoms with Crippen LogP contribution in [0.1, 0.15) is 0 Å². The highest BCUT2D eigenvalue weighted by atomic mass is 32.1. The summed E-state index contributed by atoms with van der Waals surface area (Å²) in [7, 11) is 3.37. The maximum absolute atomic E-state index is 5.49. The van der Waals surface area contributed by atoms with Crippen molar-refractivity contribution in [3.63, 3.8) is 0 Å². The van der Waals surface area contributed by atoms with E-state index in [0.717, 1.165) is 53.1 Å². The van der Waals surface area contributed by atoms with Gasteiger partial charge in [0, 0.05) is 0 Å². The standard InChI is InChI=1S/C22H16N2O2S2/c1-25-17-9-5-3-7-13(17)21-23-15-11-16-20(12-19(15)27-21)28-22(24-16)14-8-4-6-10-18(14)26-2/h3-12H,1-2H3. The fourth-order valence-electron chi connectivity index (χ4n) is 3.22. The van der Waals surface area contributed by atoms with Crippen molar-refractivity contribution in [1.29, 1.82) is 0 Å². The topological polar surface area (TPSA) is 44.2 Å². The second-order valence-electron chi connectivity index (χ2n) is 6.23. The molecule has 5 rings (SSSR count). The number of ether oxygens (including phenoxy) is 2. The first-order chi connectivity index (χ1) is 13.8. The van der Waals surface area contributed by atoms with Crippen molar-refractivity contribution in [2.45, 2.75) is 0 Å². The molecule has 0 saturated heterocycles. The molecule has 0 radical (unpaired) electrons. The number of hydrogen-bond donors (Lipinski definition) is 0. The smallest absolute Gasteiger partial charge is 0.129 e. The predicted octanol–water partition coefficient (Wildman–Crippen LogP) is 6.26. The second-order valence-corrected chi connectivity index (χ2v) is 8.29. The summed E-state index contributed by atoms with van der Waals surface area (Å²) < 4.78 is 13.3. The van der Waals surface area contributed by atoms with Gasteiger partial charge in [-0.2, -0.15) is 0 Å². The van der Waals surface area contributed by atoms with E-state index in [4.69, 9.17) is 19.4 Å². The van der Waals surface area contributed by atoms with Gasteiger partial charge in [0.1, 0.15) is 21.5 Å². The van der Waals surface area contributed by atoms with E-state index in [0.29, 0.717) is 0 Å². The molecule has 0 aliphatic rings. The van der Waals surface area contributed by atoms with E-state index < -0.39 is 0 Å². The molecule has 2 heterocycles. The third kappa shape index (κ3) is 2.82. The van der Waals surface area contributed by atoms with Crippen molar-refractivity contribution in [2.24, 2.45) is 0 Å². The van der Waals surface area contributed by atoms with Crippen molar-refractivity contribution >= 4 is 43.1 Å². The first-order valence-corrected chi connectivity index (χ1v) is 10.4. The van der Waals surface area contributed by atoms with Crippen LogP contribution in [-0.4, -0.2) is 24.2 Å². The number of benzene rings is 3. The van der Waals surface area contributed by atoms with E-state index in [2.05, 4.69) is 12.1 Å². The third-order valence-electron chi connectivity index (χ3n) is 4.57. The van der Waals surface area contributed by atoms with Gasteiger partial charge < -0.3 is 9.47 Å². The normalized spacial score (nSPS) is 11.2. The van der Waals surface area contributed by atoms with Crippen LogP contribution in [0.2, 0.25) is 0 Å². The Bertz CT molecular complexity index is 1160. The van der Waals surface area contributed by atoms with E-state index in [-0.39, 0.29) is 0 Å². The lowest BCUT2D eigenvalue weighted by Crippen LogP contribution is -1.86. The highest BCUT2D eigenvalue weighted by Gasteiger charge is 2.15. The van der Waals surface area contributed by atoms with Gasteiger partial charge in [0.15, 0.2) is 0 Å². The van der Waals surface area contributed by atoms with Gasteiger partial charge >= 0.3 is 0 Å².